The maximum absolute atomic E-state index is 11.4. The fourth-order valence-corrected chi connectivity index (χ4v) is 4.34. The Morgan fingerprint density at radius 3 is 2.00 bits per heavy atom. The first-order valence-electron chi connectivity index (χ1n) is 5.63. The SMILES string of the molecule is O=CC12C3CCC(O3)C1C1CCC2O1. The molecule has 0 aromatic rings. The highest BCUT2D eigenvalue weighted by molar-refractivity contribution is 5.65. The zero-order valence-electron chi connectivity index (χ0n) is 8.02. The lowest BCUT2D eigenvalue weighted by Crippen LogP contribution is -2.49. The lowest BCUT2D eigenvalue weighted by Gasteiger charge is -2.37. The van der Waals surface area contributed by atoms with Gasteiger partial charge in [0.1, 0.15) is 6.29 Å². The third-order valence-corrected chi connectivity index (χ3v) is 4.80. The van der Waals surface area contributed by atoms with Gasteiger partial charge in [0.25, 0.3) is 0 Å². The summed E-state index contributed by atoms with van der Waals surface area (Å²) in [5.74, 6) is 0.387. The third kappa shape index (κ3) is 0.599. The molecule has 4 rings (SSSR count). The van der Waals surface area contributed by atoms with Gasteiger partial charge in [-0.1, -0.05) is 0 Å². The van der Waals surface area contributed by atoms with Crippen LogP contribution in [0.3, 0.4) is 0 Å². The van der Waals surface area contributed by atoms with Crippen LogP contribution in [0.1, 0.15) is 25.7 Å². The van der Waals surface area contributed by atoms with E-state index in [1.165, 1.54) is 0 Å². The van der Waals surface area contributed by atoms with Crippen molar-refractivity contribution in [2.24, 2.45) is 11.3 Å². The number of carbonyl (C=O) groups excluding carboxylic acids is 1. The van der Waals surface area contributed by atoms with E-state index >= 15 is 0 Å². The molecule has 4 saturated heterocycles. The summed E-state index contributed by atoms with van der Waals surface area (Å²) in [4.78, 5) is 11.4. The summed E-state index contributed by atoms with van der Waals surface area (Å²) in [5.41, 5.74) is -0.244. The monoisotopic (exact) mass is 194 g/mol. The molecule has 3 heteroatoms. The van der Waals surface area contributed by atoms with Gasteiger partial charge in [-0.3, -0.25) is 0 Å². The summed E-state index contributed by atoms with van der Waals surface area (Å²) in [5, 5.41) is 0. The number of hydrogen-bond donors (Lipinski definition) is 0. The van der Waals surface area contributed by atoms with Crippen molar-refractivity contribution in [3.05, 3.63) is 0 Å². The quantitative estimate of drug-likeness (QED) is 0.582. The Bertz CT molecular complexity index is 279. The number of hydrogen-bond acceptors (Lipinski definition) is 3. The van der Waals surface area contributed by atoms with Gasteiger partial charge in [0.2, 0.25) is 0 Å². The van der Waals surface area contributed by atoms with Crippen LogP contribution in [0.4, 0.5) is 0 Å². The first kappa shape index (κ1) is 7.83. The minimum Gasteiger partial charge on any atom is -0.373 e. The van der Waals surface area contributed by atoms with E-state index in [4.69, 9.17) is 9.47 Å². The zero-order chi connectivity index (χ0) is 9.34. The maximum atomic E-state index is 11.4. The van der Waals surface area contributed by atoms with Crippen molar-refractivity contribution in [3.8, 4) is 0 Å². The van der Waals surface area contributed by atoms with Crippen LogP contribution in [0.2, 0.25) is 0 Å². The van der Waals surface area contributed by atoms with Gasteiger partial charge >= 0.3 is 0 Å². The number of ether oxygens (including phenoxy) is 2. The van der Waals surface area contributed by atoms with Gasteiger partial charge in [0, 0.05) is 5.92 Å². The highest BCUT2D eigenvalue weighted by Gasteiger charge is 2.71. The second-order valence-electron chi connectivity index (χ2n) is 5.12. The summed E-state index contributed by atoms with van der Waals surface area (Å²) < 4.78 is 11.8. The summed E-state index contributed by atoms with van der Waals surface area (Å²) in [7, 11) is 0. The molecule has 4 aliphatic rings. The molecule has 14 heavy (non-hydrogen) atoms. The zero-order valence-corrected chi connectivity index (χ0v) is 8.02. The highest BCUT2D eigenvalue weighted by Crippen LogP contribution is 2.63. The van der Waals surface area contributed by atoms with E-state index in [2.05, 4.69) is 0 Å². The van der Waals surface area contributed by atoms with Gasteiger partial charge in [-0.05, 0) is 25.7 Å². The molecule has 0 spiro atoms. The molecule has 0 amide bonds. The van der Waals surface area contributed by atoms with Crippen LogP contribution in [-0.2, 0) is 14.3 Å². The van der Waals surface area contributed by atoms with Gasteiger partial charge < -0.3 is 14.3 Å². The standard InChI is InChI=1S/C11H14O3/c12-5-11-8-3-1-6(13-8)10(11)7-2-4-9(11)14-7/h5-10H,1-4H2. The predicted molar refractivity (Wildman–Crippen MR) is 47.8 cm³/mol. The molecule has 3 nitrogen and oxygen atoms in total. The second-order valence-corrected chi connectivity index (χ2v) is 5.12. The fraction of sp³-hybridized carbons (Fsp3) is 0.909. The van der Waals surface area contributed by atoms with Crippen LogP contribution in [0.25, 0.3) is 0 Å². The molecule has 0 aromatic carbocycles. The Balaban J connectivity index is 1.87. The summed E-state index contributed by atoms with van der Waals surface area (Å²) in [6.07, 6.45) is 6.54. The van der Waals surface area contributed by atoms with Crippen LogP contribution in [0, 0.1) is 11.3 Å². The average molecular weight is 194 g/mol. The molecule has 0 saturated carbocycles. The minimum absolute atomic E-state index is 0.172. The van der Waals surface area contributed by atoms with Crippen molar-refractivity contribution in [3.63, 3.8) is 0 Å². The van der Waals surface area contributed by atoms with Crippen molar-refractivity contribution >= 4 is 6.29 Å². The van der Waals surface area contributed by atoms with Crippen LogP contribution >= 0.6 is 0 Å². The molecular formula is C11H14O3. The average Bonchev–Trinajstić information content (AvgIpc) is 2.95. The van der Waals surface area contributed by atoms with Gasteiger partial charge in [-0.15, -0.1) is 0 Å². The third-order valence-electron chi connectivity index (χ3n) is 4.80. The van der Waals surface area contributed by atoms with Crippen molar-refractivity contribution in [2.45, 2.75) is 50.1 Å². The largest absolute Gasteiger partial charge is 0.373 e. The number of fused-ring (bicyclic) bond motifs is 9. The van der Waals surface area contributed by atoms with Gasteiger partial charge in [-0.25, -0.2) is 0 Å². The van der Waals surface area contributed by atoms with Gasteiger partial charge in [-0.2, -0.15) is 0 Å². The van der Waals surface area contributed by atoms with E-state index in [0.717, 1.165) is 32.0 Å². The molecular weight excluding hydrogens is 180 g/mol. The lowest BCUT2D eigenvalue weighted by atomic mass is 9.60. The lowest BCUT2D eigenvalue weighted by molar-refractivity contribution is -0.124. The molecule has 4 atom stereocenters. The highest BCUT2D eigenvalue weighted by atomic mass is 16.5. The Morgan fingerprint density at radius 1 is 1.00 bits per heavy atom. The Morgan fingerprint density at radius 2 is 1.57 bits per heavy atom. The summed E-state index contributed by atoms with van der Waals surface area (Å²) in [6, 6.07) is 0. The van der Waals surface area contributed by atoms with Crippen LogP contribution in [-0.4, -0.2) is 30.7 Å². The van der Waals surface area contributed by atoms with E-state index in [-0.39, 0.29) is 17.6 Å². The Kier molecular flexibility index (Phi) is 1.24. The minimum atomic E-state index is -0.244. The van der Waals surface area contributed by atoms with E-state index < -0.39 is 0 Å². The van der Waals surface area contributed by atoms with Crippen LogP contribution < -0.4 is 0 Å². The Hall–Kier alpha value is -0.410. The number of rotatable bonds is 1. The molecule has 76 valence electrons. The summed E-state index contributed by atoms with van der Waals surface area (Å²) in [6.45, 7) is 0. The molecule has 0 N–H and O–H groups in total. The van der Waals surface area contributed by atoms with E-state index in [1.54, 1.807) is 0 Å². The number of aldehydes is 1. The molecule has 0 aromatic heterocycles. The summed E-state index contributed by atoms with van der Waals surface area (Å²) >= 11 is 0. The molecule has 0 aliphatic carbocycles. The normalized spacial score (nSPS) is 63.3. The van der Waals surface area contributed by atoms with Crippen molar-refractivity contribution in [1.29, 1.82) is 0 Å². The molecule has 0 radical (unpaired) electrons. The van der Waals surface area contributed by atoms with E-state index in [9.17, 15) is 4.79 Å². The van der Waals surface area contributed by atoms with Gasteiger partial charge in [0.15, 0.2) is 0 Å². The van der Waals surface area contributed by atoms with Gasteiger partial charge in [0.05, 0.1) is 29.8 Å². The number of carbonyl (C=O) groups is 1. The Labute approximate surface area is 82.8 Å². The van der Waals surface area contributed by atoms with E-state index in [0.29, 0.717) is 18.1 Å². The van der Waals surface area contributed by atoms with Crippen LogP contribution in [0.5, 0.6) is 0 Å². The van der Waals surface area contributed by atoms with E-state index in [1.807, 2.05) is 0 Å². The first-order valence-corrected chi connectivity index (χ1v) is 5.63. The van der Waals surface area contributed by atoms with Crippen molar-refractivity contribution in [2.75, 3.05) is 0 Å². The predicted octanol–water partition coefficient (Wildman–Crippen LogP) is 0.910. The maximum Gasteiger partial charge on any atom is 0.131 e. The molecule has 4 bridgehead atoms. The topological polar surface area (TPSA) is 35.5 Å². The molecule has 4 aliphatic heterocycles. The molecule has 4 fully saturated rings. The fourth-order valence-electron chi connectivity index (χ4n) is 4.34. The van der Waals surface area contributed by atoms with Crippen LogP contribution in [0.15, 0.2) is 0 Å². The molecule has 4 unspecified atom stereocenters. The second kappa shape index (κ2) is 2.22. The first-order chi connectivity index (χ1) is 6.86. The van der Waals surface area contributed by atoms with Crippen molar-refractivity contribution < 1.29 is 14.3 Å². The molecule has 4 heterocycles. The van der Waals surface area contributed by atoms with Crippen molar-refractivity contribution in [1.82, 2.24) is 0 Å². The smallest absolute Gasteiger partial charge is 0.131 e.